The second-order valence-electron chi connectivity index (χ2n) is 7.78. The lowest BCUT2D eigenvalue weighted by Gasteiger charge is -2.21. The van der Waals surface area contributed by atoms with Crippen LogP contribution in [-0.4, -0.2) is 16.8 Å². The Kier molecular flexibility index (Phi) is 5.42. The molecule has 0 aliphatic heterocycles. The Balaban J connectivity index is 2.40. The minimum Gasteiger partial charge on any atom is -0.225 e. The molecule has 4 N–H and O–H groups in total. The summed E-state index contributed by atoms with van der Waals surface area (Å²) in [5, 5.41) is 12.2. The van der Waals surface area contributed by atoms with Crippen molar-refractivity contribution in [3.05, 3.63) is 83.9 Å². The highest BCUT2D eigenvalue weighted by Gasteiger charge is 2.31. The number of sulfonamides is 2. The molecule has 4 rings (SSSR count). The summed E-state index contributed by atoms with van der Waals surface area (Å²) < 4.78 is 51.8. The van der Waals surface area contributed by atoms with E-state index in [4.69, 9.17) is 10.3 Å². The van der Waals surface area contributed by atoms with Crippen LogP contribution >= 0.6 is 0 Å². The first kappa shape index (κ1) is 22.2. The van der Waals surface area contributed by atoms with Crippen molar-refractivity contribution in [1.82, 2.24) is 0 Å². The average molecular weight is 467 g/mol. The lowest BCUT2D eigenvalue weighted by Crippen LogP contribution is -2.20. The maximum absolute atomic E-state index is 13.1. The summed E-state index contributed by atoms with van der Waals surface area (Å²) in [4.78, 5) is -0.532. The summed E-state index contributed by atoms with van der Waals surface area (Å²) in [6, 6.07) is 21.0. The standard InChI is InChI=1S/C24H22N2O4S2/c1-15-7-5-9-17(13-15)21-19-11-3-4-12-20(19)23(31(25,27)28)22(24(21)32(26,29)30)18-10-6-8-16(2)14-18/h3-14H,1-2H3,(H2,25,27,28)(H2,26,29,30). The molecule has 0 radical (unpaired) electrons. The summed E-state index contributed by atoms with van der Waals surface area (Å²) in [5.41, 5.74) is 3.08. The second-order valence-corrected chi connectivity index (χ2v) is 10.8. The molecule has 164 valence electrons. The van der Waals surface area contributed by atoms with Crippen molar-refractivity contribution >= 4 is 30.8 Å². The topological polar surface area (TPSA) is 120 Å². The minimum absolute atomic E-state index is 0.0195. The molecule has 0 aliphatic carbocycles. The zero-order chi connectivity index (χ0) is 23.3. The zero-order valence-electron chi connectivity index (χ0n) is 17.5. The van der Waals surface area contributed by atoms with Gasteiger partial charge in [-0.25, -0.2) is 27.1 Å². The summed E-state index contributed by atoms with van der Waals surface area (Å²) >= 11 is 0. The van der Waals surface area contributed by atoms with Crippen LogP contribution in [-0.2, 0) is 20.0 Å². The normalized spacial score (nSPS) is 12.2. The van der Waals surface area contributed by atoms with Gasteiger partial charge >= 0.3 is 0 Å². The molecule has 0 fully saturated rings. The number of benzene rings is 4. The maximum Gasteiger partial charge on any atom is 0.239 e. The molecule has 0 heterocycles. The van der Waals surface area contributed by atoms with E-state index in [1.54, 1.807) is 48.5 Å². The fourth-order valence-corrected chi connectivity index (χ4v) is 6.18. The maximum atomic E-state index is 13.1. The molecule has 4 aromatic carbocycles. The molecule has 32 heavy (non-hydrogen) atoms. The van der Waals surface area contributed by atoms with Gasteiger partial charge in [-0.1, -0.05) is 83.9 Å². The number of hydrogen-bond acceptors (Lipinski definition) is 4. The van der Waals surface area contributed by atoms with Gasteiger partial charge in [-0.3, -0.25) is 0 Å². The predicted octanol–water partition coefficient (Wildman–Crippen LogP) is 4.09. The quantitative estimate of drug-likeness (QED) is 0.471. The summed E-state index contributed by atoms with van der Waals surface area (Å²) in [6.07, 6.45) is 0. The van der Waals surface area contributed by atoms with Crippen LogP contribution in [0.4, 0.5) is 0 Å². The van der Waals surface area contributed by atoms with E-state index < -0.39 is 20.0 Å². The van der Waals surface area contributed by atoms with E-state index >= 15 is 0 Å². The van der Waals surface area contributed by atoms with E-state index in [-0.39, 0.29) is 15.4 Å². The van der Waals surface area contributed by atoms with Gasteiger partial charge in [0.25, 0.3) is 0 Å². The number of primary sulfonamides is 2. The van der Waals surface area contributed by atoms with Gasteiger partial charge in [-0.05, 0) is 30.4 Å². The Labute approximate surface area is 187 Å². The van der Waals surface area contributed by atoms with Gasteiger partial charge in [0.05, 0.1) is 9.79 Å². The van der Waals surface area contributed by atoms with Gasteiger partial charge in [-0.15, -0.1) is 0 Å². The highest BCUT2D eigenvalue weighted by molar-refractivity contribution is 7.90. The van der Waals surface area contributed by atoms with Crippen molar-refractivity contribution in [1.29, 1.82) is 0 Å². The smallest absolute Gasteiger partial charge is 0.225 e. The van der Waals surface area contributed by atoms with Gasteiger partial charge in [0, 0.05) is 16.5 Å². The Morgan fingerprint density at radius 2 is 1.03 bits per heavy atom. The molecule has 0 unspecified atom stereocenters. The van der Waals surface area contributed by atoms with Crippen molar-refractivity contribution in [2.75, 3.05) is 0 Å². The number of rotatable bonds is 4. The van der Waals surface area contributed by atoms with Gasteiger partial charge < -0.3 is 0 Å². The lowest BCUT2D eigenvalue weighted by atomic mass is 9.91. The molecular weight excluding hydrogens is 444 g/mol. The van der Waals surface area contributed by atoms with Crippen LogP contribution in [0.2, 0.25) is 0 Å². The van der Waals surface area contributed by atoms with Crippen molar-refractivity contribution in [2.24, 2.45) is 10.3 Å². The summed E-state index contributed by atoms with van der Waals surface area (Å²) in [5.74, 6) is 0. The molecule has 4 aromatic rings. The van der Waals surface area contributed by atoms with Gasteiger partial charge in [0.1, 0.15) is 0 Å². The molecule has 0 saturated carbocycles. The SMILES string of the molecule is Cc1cccc(-c2c(S(N)(=O)=O)c(-c3cccc(C)c3)c3ccccc3c2S(N)(=O)=O)c1. The summed E-state index contributed by atoms with van der Waals surface area (Å²) in [7, 11) is -8.71. The van der Waals surface area contributed by atoms with Crippen LogP contribution in [0.25, 0.3) is 33.0 Å². The second kappa shape index (κ2) is 7.83. The van der Waals surface area contributed by atoms with Crippen molar-refractivity contribution < 1.29 is 16.8 Å². The molecule has 0 aromatic heterocycles. The third kappa shape index (κ3) is 3.93. The fraction of sp³-hybridized carbons (Fsp3) is 0.0833. The van der Waals surface area contributed by atoms with Crippen molar-refractivity contribution in [3.63, 3.8) is 0 Å². The van der Waals surface area contributed by atoms with Crippen LogP contribution in [0.5, 0.6) is 0 Å². The molecule has 0 atom stereocenters. The third-order valence-corrected chi connectivity index (χ3v) is 7.28. The van der Waals surface area contributed by atoms with E-state index in [9.17, 15) is 16.8 Å². The Hall–Kier alpha value is -3.04. The van der Waals surface area contributed by atoms with Crippen molar-refractivity contribution in [3.8, 4) is 22.3 Å². The van der Waals surface area contributed by atoms with Gasteiger partial charge in [0.2, 0.25) is 20.0 Å². The minimum atomic E-state index is -4.38. The largest absolute Gasteiger partial charge is 0.239 e. The van der Waals surface area contributed by atoms with Crippen LogP contribution in [0.1, 0.15) is 11.1 Å². The molecule has 0 amide bonds. The molecular formula is C24H22N2O4S2. The van der Waals surface area contributed by atoms with E-state index in [2.05, 4.69) is 0 Å². The van der Waals surface area contributed by atoms with E-state index in [1.165, 1.54) is 0 Å². The summed E-state index contributed by atoms with van der Waals surface area (Å²) in [6.45, 7) is 3.72. The van der Waals surface area contributed by atoms with Crippen molar-refractivity contribution in [2.45, 2.75) is 23.6 Å². The first-order valence-corrected chi connectivity index (χ1v) is 12.9. The molecule has 6 nitrogen and oxygen atoms in total. The monoisotopic (exact) mass is 466 g/mol. The fourth-order valence-electron chi connectivity index (χ4n) is 4.11. The predicted molar refractivity (Wildman–Crippen MR) is 127 cm³/mol. The van der Waals surface area contributed by atoms with Crippen LogP contribution in [0.3, 0.4) is 0 Å². The highest BCUT2D eigenvalue weighted by atomic mass is 32.2. The van der Waals surface area contributed by atoms with Crippen LogP contribution in [0.15, 0.2) is 82.6 Å². The Morgan fingerprint density at radius 3 is 1.50 bits per heavy atom. The molecule has 8 heteroatoms. The molecule has 0 aliphatic rings. The third-order valence-electron chi connectivity index (χ3n) is 5.30. The van der Waals surface area contributed by atoms with E-state index in [0.717, 1.165) is 11.1 Å². The number of aryl methyl sites for hydroxylation is 2. The lowest BCUT2D eigenvalue weighted by molar-refractivity contribution is 0.597. The molecule has 0 spiro atoms. The highest BCUT2D eigenvalue weighted by Crippen LogP contribution is 2.45. The number of nitrogens with two attached hydrogens (primary N) is 2. The van der Waals surface area contributed by atoms with Gasteiger partial charge in [-0.2, -0.15) is 0 Å². The van der Waals surface area contributed by atoms with Crippen LogP contribution < -0.4 is 10.3 Å². The Morgan fingerprint density at radius 1 is 0.562 bits per heavy atom. The first-order valence-electron chi connectivity index (χ1n) is 9.77. The van der Waals surface area contributed by atoms with Crippen LogP contribution in [0, 0.1) is 13.8 Å². The average Bonchev–Trinajstić information content (AvgIpc) is 2.70. The number of fused-ring (bicyclic) bond motifs is 1. The van der Waals surface area contributed by atoms with Gasteiger partial charge in [0.15, 0.2) is 0 Å². The molecule has 0 bridgehead atoms. The zero-order valence-corrected chi connectivity index (χ0v) is 19.2. The number of hydrogen-bond donors (Lipinski definition) is 2. The Bertz CT molecular complexity index is 1590. The first-order chi connectivity index (χ1) is 15.0. The van der Waals surface area contributed by atoms with E-state index in [0.29, 0.717) is 27.5 Å². The molecule has 0 saturated heterocycles. The van der Waals surface area contributed by atoms with E-state index in [1.807, 2.05) is 38.1 Å².